The highest BCUT2D eigenvalue weighted by Crippen LogP contribution is 2.18. The quantitative estimate of drug-likeness (QED) is 0.715. The summed E-state index contributed by atoms with van der Waals surface area (Å²) in [6.07, 6.45) is 2.26. The van der Waals surface area contributed by atoms with Gasteiger partial charge in [0, 0.05) is 6.04 Å². The van der Waals surface area contributed by atoms with Gasteiger partial charge in [0.2, 0.25) is 0 Å². The summed E-state index contributed by atoms with van der Waals surface area (Å²) in [6, 6.07) is 6.47. The molecule has 1 aromatic rings. The van der Waals surface area contributed by atoms with Crippen LogP contribution in [0.2, 0.25) is 0 Å². The molecule has 3 N–H and O–H groups in total. The van der Waals surface area contributed by atoms with Gasteiger partial charge in [-0.2, -0.15) is 0 Å². The number of carboxylic acid groups (broad SMARTS) is 1. The maximum absolute atomic E-state index is 10.8. The summed E-state index contributed by atoms with van der Waals surface area (Å²) < 4.78 is 0. The molecule has 1 aromatic carbocycles. The Bertz CT molecular complexity index is 347. The molecule has 0 aliphatic heterocycles. The highest BCUT2D eigenvalue weighted by molar-refractivity contribution is 5.89. The Morgan fingerprint density at radius 3 is 2.79 bits per heavy atom. The molecule has 0 fully saturated rings. The Hall–Kier alpha value is -1.61. The zero-order chi connectivity index (χ0) is 10.6. The first-order valence-electron chi connectivity index (χ1n) is 4.35. The van der Waals surface area contributed by atoms with Gasteiger partial charge in [-0.05, 0) is 18.1 Å². The van der Waals surface area contributed by atoms with Crippen LogP contribution in [0, 0.1) is 0 Å². The predicted octanol–water partition coefficient (Wildman–Crippen LogP) is 1.96. The maximum atomic E-state index is 10.8. The van der Waals surface area contributed by atoms with Crippen molar-refractivity contribution >= 4 is 5.97 Å². The lowest BCUT2D eigenvalue weighted by Gasteiger charge is -2.11. The van der Waals surface area contributed by atoms with Crippen molar-refractivity contribution in [3.05, 3.63) is 48.0 Å². The predicted molar refractivity (Wildman–Crippen MR) is 55.1 cm³/mol. The van der Waals surface area contributed by atoms with E-state index in [1.807, 2.05) is 0 Å². The first kappa shape index (κ1) is 10.5. The average molecular weight is 191 g/mol. The van der Waals surface area contributed by atoms with Crippen molar-refractivity contribution in [3.63, 3.8) is 0 Å². The van der Waals surface area contributed by atoms with Crippen molar-refractivity contribution in [2.45, 2.75) is 12.5 Å². The summed E-state index contributed by atoms with van der Waals surface area (Å²) >= 11 is 0. The Morgan fingerprint density at radius 2 is 2.21 bits per heavy atom. The molecule has 0 aliphatic rings. The SMILES string of the molecule is C=CCC(N)c1ccccc1C(=O)O. The molecule has 1 atom stereocenters. The van der Waals surface area contributed by atoms with Crippen LogP contribution < -0.4 is 5.73 Å². The molecule has 14 heavy (non-hydrogen) atoms. The van der Waals surface area contributed by atoms with Gasteiger partial charge in [-0.15, -0.1) is 6.58 Å². The van der Waals surface area contributed by atoms with Crippen LogP contribution in [-0.4, -0.2) is 11.1 Å². The third-order valence-corrected chi connectivity index (χ3v) is 2.01. The lowest BCUT2D eigenvalue weighted by molar-refractivity contribution is 0.0695. The minimum atomic E-state index is -0.944. The van der Waals surface area contributed by atoms with Gasteiger partial charge >= 0.3 is 5.97 Å². The zero-order valence-electron chi connectivity index (χ0n) is 7.81. The molecule has 1 rings (SSSR count). The highest BCUT2D eigenvalue weighted by atomic mass is 16.4. The summed E-state index contributed by atoms with van der Waals surface area (Å²) in [4.78, 5) is 10.8. The van der Waals surface area contributed by atoms with E-state index >= 15 is 0 Å². The summed E-state index contributed by atoms with van der Waals surface area (Å²) in [5.74, 6) is -0.944. The van der Waals surface area contributed by atoms with E-state index in [0.717, 1.165) is 0 Å². The molecular formula is C11H13NO2. The number of benzene rings is 1. The van der Waals surface area contributed by atoms with Crippen molar-refractivity contribution in [3.8, 4) is 0 Å². The molecule has 0 saturated carbocycles. The highest BCUT2D eigenvalue weighted by Gasteiger charge is 2.13. The average Bonchev–Trinajstić information content (AvgIpc) is 2.18. The Kier molecular flexibility index (Phi) is 3.42. The monoisotopic (exact) mass is 191 g/mol. The molecule has 0 aliphatic carbocycles. The van der Waals surface area contributed by atoms with Crippen LogP contribution in [0.4, 0.5) is 0 Å². The van der Waals surface area contributed by atoms with Crippen LogP contribution in [0.25, 0.3) is 0 Å². The third-order valence-electron chi connectivity index (χ3n) is 2.01. The Labute approximate surface area is 82.9 Å². The lowest BCUT2D eigenvalue weighted by Crippen LogP contribution is -2.14. The molecule has 0 radical (unpaired) electrons. The van der Waals surface area contributed by atoms with Gasteiger partial charge in [0.05, 0.1) is 5.56 Å². The minimum Gasteiger partial charge on any atom is -0.478 e. The normalized spacial score (nSPS) is 12.1. The molecule has 0 amide bonds. The van der Waals surface area contributed by atoms with Crippen molar-refractivity contribution in [2.75, 3.05) is 0 Å². The Morgan fingerprint density at radius 1 is 1.57 bits per heavy atom. The van der Waals surface area contributed by atoms with Crippen LogP contribution in [-0.2, 0) is 0 Å². The molecule has 0 bridgehead atoms. The van der Waals surface area contributed by atoms with E-state index < -0.39 is 5.97 Å². The van der Waals surface area contributed by atoms with E-state index in [-0.39, 0.29) is 11.6 Å². The van der Waals surface area contributed by atoms with Crippen molar-refractivity contribution in [1.29, 1.82) is 0 Å². The fraction of sp³-hybridized carbons (Fsp3) is 0.182. The van der Waals surface area contributed by atoms with E-state index in [1.54, 1.807) is 30.3 Å². The lowest BCUT2D eigenvalue weighted by atomic mass is 9.99. The second kappa shape index (κ2) is 4.58. The summed E-state index contributed by atoms with van der Waals surface area (Å²) in [5, 5.41) is 8.90. The number of rotatable bonds is 4. The molecule has 0 spiro atoms. The minimum absolute atomic E-state index is 0.266. The number of carboxylic acids is 1. The number of hydrogen-bond acceptors (Lipinski definition) is 2. The number of hydrogen-bond donors (Lipinski definition) is 2. The Balaban J connectivity index is 3.06. The second-order valence-electron chi connectivity index (χ2n) is 3.02. The van der Waals surface area contributed by atoms with Gasteiger partial charge in [-0.25, -0.2) is 4.79 Å². The molecule has 0 heterocycles. The fourth-order valence-corrected chi connectivity index (χ4v) is 1.32. The standard InChI is InChI=1S/C11H13NO2/c1-2-5-10(12)8-6-3-4-7-9(8)11(13)14/h2-4,6-7,10H,1,5,12H2,(H,13,14). The van der Waals surface area contributed by atoms with Gasteiger partial charge in [0.25, 0.3) is 0 Å². The van der Waals surface area contributed by atoms with E-state index in [0.29, 0.717) is 12.0 Å². The van der Waals surface area contributed by atoms with Gasteiger partial charge < -0.3 is 10.8 Å². The third kappa shape index (κ3) is 2.20. The maximum Gasteiger partial charge on any atom is 0.336 e. The van der Waals surface area contributed by atoms with E-state index in [1.165, 1.54) is 0 Å². The van der Waals surface area contributed by atoms with Crippen LogP contribution in [0.3, 0.4) is 0 Å². The van der Waals surface area contributed by atoms with Gasteiger partial charge in [-0.3, -0.25) is 0 Å². The van der Waals surface area contributed by atoms with Gasteiger partial charge in [0.1, 0.15) is 0 Å². The van der Waals surface area contributed by atoms with Gasteiger partial charge in [0.15, 0.2) is 0 Å². The zero-order valence-corrected chi connectivity index (χ0v) is 7.81. The van der Waals surface area contributed by atoms with Crippen LogP contribution >= 0.6 is 0 Å². The molecule has 74 valence electrons. The molecule has 3 nitrogen and oxygen atoms in total. The number of aromatic carboxylic acids is 1. The van der Waals surface area contributed by atoms with E-state index in [4.69, 9.17) is 10.8 Å². The first-order valence-corrected chi connectivity index (χ1v) is 4.35. The summed E-state index contributed by atoms with van der Waals surface area (Å²) in [6.45, 7) is 3.57. The van der Waals surface area contributed by atoms with Gasteiger partial charge in [-0.1, -0.05) is 24.3 Å². The largest absolute Gasteiger partial charge is 0.478 e. The second-order valence-corrected chi connectivity index (χ2v) is 3.02. The number of nitrogens with two attached hydrogens (primary N) is 1. The van der Waals surface area contributed by atoms with E-state index in [9.17, 15) is 4.79 Å². The molecule has 3 heteroatoms. The summed E-state index contributed by atoms with van der Waals surface area (Å²) in [7, 11) is 0. The fourth-order valence-electron chi connectivity index (χ4n) is 1.32. The van der Waals surface area contributed by atoms with Crippen LogP contribution in [0.1, 0.15) is 28.4 Å². The number of carbonyl (C=O) groups is 1. The first-order chi connectivity index (χ1) is 6.66. The smallest absolute Gasteiger partial charge is 0.336 e. The van der Waals surface area contributed by atoms with Crippen molar-refractivity contribution in [2.24, 2.45) is 5.73 Å². The molecule has 0 saturated heterocycles. The summed E-state index contributed by atoms with van der Waals surface area (Å²) in [5.41, 5.74) is 6.73. The molecule has 1 unspecified atom stereocenters. The van der Waals surface area contributed by atoms with E-state index in [2.05, 4.69) is 6.58 Å². The van der Waals surface area contributed by atoms with Crippen molar-refractivity contribution in [1.82, 2.24) is 0 Å². The molecule has 0 aromatic heterocycles. The van der Waals surface area contributed by atoms with Crippen LogP contribution in [0.15, 0.2) is 36.9 Å². The van der Waals surface area contributed by atoms with Crippen LogP contribution in [0.5, 0.6) is 0 Å². The van der Waals surface area contributed by atoms with Crippen molar-refractivity contribution < 1.29 is 9.90 Å². The topological polar surface area (TPSA) is 63.3 Å². The molecular weight excluding hydrogens is 178 g/mol.